The minimum Gasteiger partial charge on any atom is -0.382 e. The molecule has 0 spiro atoms. The Labute approximate surface area is 178 Å². The molecule has 0 saturated carbocycles. The number of nitrogens with zero attached hydrogens (tertiary/aromatic N) is 3. The van der Waals surface area contributed by atoms with E-state index in [-0.39, 0.29) is 35.8 Å². The van der Waals surface area contributed by atoms with Crippen LogP contribution in [0.5, 0.6) is 0 Å². The van der Waals surface area contributed by atoms with Gasteiger partial charge in [-0.2, -0.15) is 0 Å². The lowest BCUT2D eigenvalue weighted by molar-refractivity contribution is 0.0689. The van der Waals surface area contributed by atoms with Gasteiger partial charge in [0.1, 0.15) is 0 Å². The second kappa shape index (κ2) is 13.9. The summed E-state index contributed by atoms with van der Waals surface area (Å²) in [7, 11) is 3.43. The van der Waals surface area contributed by atoms with E-state index in [0.29, 0.717) is 25.6 Å². The number of aromatic nitrogens is 1. The van der Waals surface area contributed by atoms with E-state index in [2.05, 4.69) is 20.6 Å². The Morgan fingerprint density at radius 2 is 2.22 bits per heavy atom. The van der Waals surface area contributed by atoms with Gasteiger partial charge in [-0.3, -0.25) is 4.99 Å². The molecule has 1 aliphatic rings. The van der Waals surface area contributed by atoms with Gasteiger partial charge in [0.15, 0.2) is 17.6 Å². The highest BCUT2D eigenvalue weighted by Gasteiger charge is 2.25. The first-order valence-electron chi connectivity index (χ1n) is 9.14. The molecule has 0 aliphatic carbocycles. The quantitative estimate of drug-likeness (QED) is 0.224. The number of ether oxygens (including phenoxy) is 2. The van der Waals surface area contributed by atoms with Crippen molar-refractivity contribution in [3.63, 3.8) is 0 Å². The second-order valence-corrected chi connectivity index (χ2v) is 6.20. The summed E-state index contributed by atoms with van der Waals surface area (Å²) in [6, 6.07) is 3.28. The van der Waals surface area contributed by atoms with Crippen LogP contribution in [0, 0.1) is 5.82 Å². The first-order chi connectivity index (χ1) is 12.7. The number of hydrogen-bond donors (Lipinski definition) is 2. The van der Waals surface area contributed by atoms with Crippen molar-refractivity contribution < 1.29 is 13.9 Å². The molecule has 1 fully saturated rings. The zero-order chi connectivity index (χ0) is 18.6. The molecular weight excluding hydrogens is 464 g/mol. The number of guanidine groups is 1. The Morgan fingerprint density at radius 1 is 1.37 bits per heavy atom. The number of methoxy groups -OCH3 is 1. The molecular formula is C18H31FIN5O2. The van der Waals surface area contributed by atoms with Crippen molar-refractivity contribution >= 4 is 35.8 Å². The molecule has 0 bridgehead atoms. The number of nitrogens with one attached hydrogen (secondary N) is 2. The van der Waals surface area contributed by atoms with E-state index < -0.39 is 0 Å². The molecule has 2 heterocycles. The Balaban J connectivity index is 0.00000364. The van der Waals surface area contributed by atoms with Crippen LogP contribution in [0.4, 0.5) is 10.2 Å². The molecule has 7 nitrogen and oxygen atoms in total. The highest BCUT2D eigenvalue weighted by molar-refractivity contribution is 14.0. The monoisotopic (exact) mass is 495 g/mol. The molecule has 0 aromatic carbocycles. The third-order valence-corrected chi connectivity index (χ3v) is 4.23. The largest absolute Gasteiger partial charge is 0.382 e. The summed E-state index contributed by atoms with van der Waals surface area (Å²) in [5, 5.41) is 6.72. The summed E-state index contributed by atoms with van der Waals surface area (Å²) in [4.78, 5) is 10.4. The van der Waals surface area contributed by atoms with Crippen LogP contribution in [0.2, 0.25) is 0 Å². The number of aliphatic imine (C=N–C) groups is 1. The van der Waals surface area contributed by atoms with Gasteiger partial charge in [-0.1, -0.05) is 0 Å². The molecule has 9 heteroatoms. The molecule has 0 radical (unpaired) electrons. The minimum absolute atomic E-state index is 0. The summed E-state index contributed by atoms with van der Waals surface area (Å²) in [6.07, 6.45) is 4.54. The molecule has 2 N–H and O–H groups in total. The summed E-state index contributed by atoms with van der Waals surface area (Å²) in [5.41, 5.74) is 0. The van der Waals surface area contributed by atoms with Crippen LogP contribution < -0.4 is 15.5 Å². The van der Waals surface area contributed by atoms with Crippen LogP contribution in [0.25, 0.3) is 0 Å². The number of rotatable bonds is 10. The van der Waals surface area contributed by atoms with Gasteiger partial charge in [0, 0.05) is 52.6 Å². The maximum absolute atomic E-state index is 13.9. The Kier molecular flexibility index (Phi) is 12.3. The molecule has 2 rings (SSSR count). The van der Waals surface area contributed by atoms with Gasteiger partial charge >= 0.3 is 0 Å². The van der Waals surface area contributed by atoms with Gasteiger partial charge < -0.3 is 25.0 Å². The predicted molar refractivity (Wildman–Crippen MR) is 117 cm³/mol. The molecule has 0 amide bonds. The third kappa shape index (κ3) is 8.56. The normalized spacial score (nSPS) is 16.9. The number of anilines is 1. The molecule has 27 heavy (non-hydrogen) atoms. The molecule has 1 aliphatic heterocycles. The van der Waals surface area contributed by atoms with Crippen molar-refractivity contribution in [1.29, 1.82) is 0 Å². The van der Waals surface area contributed by atoms with Crippen molar-refractivity contribution in [2.45, 2.75) is 25.3 Å². The van der Waals surface area contributed by atoms with Crippen molar-refractivity contribution in [3.8, 4) is 0 Å². The van der Waals surface area contributed by atoms with E-state index in [1.54, 1.807) is 26.4 Å². The fourth-order valence-corrected chi connectivity index (χ4v) is 2.85. The Morgan fingerprint density at radius 3 is 2.96 bits per heavy atom. The molecule has 1 atom stereocenters. The number of pyridine rings is 1. The first-order valence-corrected chi connectivity index (χ1v) is 9.14. The van der Waals surface area contributed by atoms with Gasteiger partial charge in [-0.25, -0.2) is 9.37 Å². The van der Waals surface area contributed by atoms with Crippen molar-refractivity contribution in [3.05, 3.63) is 24.1 Å². The highest BCUT2D eigenvalue weighted by atomic mass is 127. The summed E-state index contributed by atoms with van der Waals surface area (Å²) in [6.45, 7) is 4.34. The van der Waals surface area contributed by atoms with Gasteiger partial charge in [0.25, 0.3) is 0 Å². The minimum atomic E-state index is -0.275. The summed E-state index contributed by atoms with van der Waals surface area (Å²) >= 11 is 0. The van der Waals surface area contributed by atoms with Crippen molar-refractivity contribution in [1.82, 2.24) is 15.6 Å². The van der Waals surface area contributed by atoms with E-state index >= 15 is 0 Å². The average molecular weight is 495 g/mol. The standard InChI is InChI=1S/C18H30FN5O2.HI/c1-20-18(22-8-3-4-11-26-13-12-25-2)23-15-7-10-24(14-15)17-16(19)6-5-9-21-17;/h5-6,9,15H,3-4,7-8,10-14H2,1-2H3,(H2,20,22,23);1H. The fraction of sp³-hybridized carbons (Fsp3) is 0.667. The van der Waals surface area contributed by atoms with Crippen LogP contribution in [0.15, 0.2) is 23.3 Å². The fourth-order valence-electron chi connectivity index (χ4n) is 2.85. The molecule has 1 aromatic rings. The van der Waals surface area contributed by atoms with E-state index in [0.717, 1.165) is 44.9 Å². The number of unbranched alkanes of at least 4 members (excludes halogenated alkanes) is 1. The summed E-state index contributed by atoms with van der Waals surface area (Å²) < 4.78 is 24.2. The predicted octanol–water partition coefficient (Wildman–Crippen LogP) is 2.03. The van der Waals surface area contributed by atoms with Gasteiger partial charge in [-0.15, -0.1) is 24.0 Å². The lowest BCUT2D eigenvalue weighted by atomic mass is 10.3. The number of hydrogen-bond acceptors (Lipinski definition) is 5. The topological polar surface area (TPSA) is 71.0 Å². The van der Waals surface area contributed by atoms with Crippen LogP contribution >= 0.6 is 24.0 Å². The molecule has 154 valence electrons. The molecule has 1 unspecified atom stereocenters. The van der Waals surface area contributed by atoms with Gasteiger partial charge in [-0.05, 0) is 31.4 Å². The molecule has 1 saturated heterocycles. The van der Waals surface area contributed by atoms with Crippen LogP contribution in [0.3, 0.4) is 0 Å². The van der Waals surface area contributed by atoms with Crippen LogP contribution in [0.1, 0.15) is 19.3 Å². The maximum Gasteiger partial charge on any atom is 0.191 e. The zero-order valence-electron chi connectivity index (χ0n) is 16.1. The Hall–Kier alpha value is -1.20. The lowest BCUT2D eigenvalue weighted by Gasteiger charge is -2.20. The number of halogens is 2. The lowest BCUT2D eigenvalue weighted by Crippen LogP contribution is -2.45. The van der Waals surface area contributed by atoms with Crippen LogP contribution in [-0.2, 0) is 9.47 Å². The van der Waals surface area contributed by atoms with Gasteiger partial charge in [0.05, 0.1) is 13.2 Å². The Bertz CT molecular complexity index is 564. The highest BCUT2D eigenvalue weighted by Crippen LogP contribution is 2.20. The van der Waals surface area contributed by atoms with E-state index in [9.17, 15) is 4.39 Å². The summed E-state index contributed by atoms with van der Waals surface area (Å²) in [5.74, 6) is 0.926. The molecule has 1 aromatic heterocycles. The van der Waals surface area contributed by atoms with Crippen molar-refractivity contribution in [2.24, 2.45) is 4.99 Å². The van der Waals surface area contributed by atoms with E-state index in [1.807, 2.05) is 4.90 Å². The van der Waals surface area contributed by atoms with Gasteiger partial charge in [0.2, 0.25) is 0 Å². The van der Waals surface area contributed by atoms with E-state index in [1.165, 1.54) is 6.07 Å². The van der Waals surface area contributed by atoms with Crippen LogP contribution in [-0.4, -0.2) is 70.6 Å². The second-order valence-electron chi connectivity index (χ2n) is 6.20. The maximum atomic E-state index is 13.9. The van der Waals surface area contributed by atoms with E-state index in [4.69, 9.17) is 9.47 Å². The third-order valence-electron chi connectivity index (χ3n) is 4.23. The van der Waals surface area contributed by atoms with Crippen molar-refractivity contribution in [2.75, 3.05) is 58.5 Å². The zero-order valence-corrected chi connectivity index (χ0v) is 18.4. The first kappa shape index (κ1) is 23.8. The SMILES string of the molecule is CN=C(NCCCCOCCOC)NC1CCN(c2ncccc2F)C1.I. The average Bonchev–Trinajstić information content (AvgIpc) is 3.11. The smallest absolute Gasteiger partial charge is 0.191 e.